The van der Waals surface area contributed by atoms with Crippen molar-refractivity contribution in [3.63, 3.8) is 0 Å². The molecule has 5 nitrogen and oxygen atoms in total. The van der Waals surface area contributed by atoms with Crippen LogP contribution in [0.25, 0.3) is 0 Å². The molecule has 1 amide bonds. The topological polar surface area (TPSA) is 78.4 Å². The number of carbonyl (C=O) groups excluding carboxylic acids is 2. The average Bonchev–Trinajstić information content (AvgIpc) is 2.49. The fourth-order valence-corrected chi connectivity index (χ4v) is 1.87. The standard InChI is InChI=1S/C16H16N2O3/c1-10(19)11-4-3-5-12(8-11)16(21)18-14-9-13(17-2)6-7-15(14)20/h3-9,17,20H,1-2H3,(H,18,21). The summed E-state index contributed by atoms with van der Waals surface area (Å²) in [4.78, 5) is 23.5. The summed E-state index contributed by atoms with van der Waals surface area (Å²) in [5.41, 5.74) is 1.90. The molecule has 0 fully saturated rings. The number of amides is 1. The van der Waals surface area contributed by atoms with Crippen LogP contribution in [0.3, 0.4) is 0 Å². The van der Waals surface area contributed by atoms with Crippen LogP contribution in [0.4, 0.5) is 11.4 Å². The van der Waals surface area contributed by atoms with Crippen molar-refractivity contribution in [1.82, 2.24) is 0 Å². The highest BCUT2D eigenvalue weighted by atomic mass is 16.3. The van der Waals surface area contributed by atoms with Crippen molar-refractivity contribution in [3.05, 3.63) is 53.6 Å². The molecule has 0 radical (unpaired) electrons. The van der Waals surface area contributed by atoms with Crippen molar-refractivity contribution >= 4 is 23.1 Å². The van der Waals surface area contributed by atoms with Crippen LogP contribution in [0.5, 0.6) is 5.75 Å². The maximum Gasteiger partial charge on any atom is 0.255 e. The van der Waals surface area contributed by atoms with Crippen LogP contribution in [0.1, 0.15) is 27.6 Å². The van der Waals surface area contributed by atoms with E-state index in [9.17, 15) is 14.7 Å². The zero-order valence-corrected chi connectivity index (χ0v) is 11.8. The minimum Gasteiger partial charge on any atom is -0.506 e. The lowest BCUT2D eigenvalue weighted by Gasteiger charge is -2.10. The lowest BCUT2D eigenvalue weighted by atomic mass is 10.1. The maximum absolute atomic E-state index is 12.2. The largest absolute Gasteiger partial charge is 0.506 e. The van der Waals surface area contributed by atoms with Crippen molar-refractivity contribution < 1.29 is 14.7 Å². The summed E-state index contributed by atoms with van der Waals surface area (Å²) in [5.74, 6) is -0.517. The van der Waals surface area contributed by atoms with Gasteiger partial charge < -0.3 is 15.7 Å². The second-order valence-electron chi connectivity index (χ2n) is 4.57. The molecule has 2 aromatic rings. The van der Waals surface area contributed by atoms with Gasteiger partial charge in [0.05, 0.1) is 5.69 Å². The van der Waals surface area contributed by atoms with E-state index in [0.717, 1.165) is 5.69 Å². The molecule has 0 heterocycles. The van der Waals surface area contributed by atoms with Crippen molar-refractivity contribution in [1.29, 1.82) is 0 Å². The van der Waals surface area contributed by atoms with Gasteiger partial charge in [0.25, 0.3) is 5.91 Å². The first-order chi connectivity index (χ1) is 10.0. The monoisotopic (exact) mass is 284 g/mol. The predicted molar refractivity (Wildman–Crippen MR) is 82.1 cm³/mol. The first kappa shape index (κ1) is 14.6. The van der Waals surface area contributed by atoms with E-state index in [1.165, 1.54) is 19.1 Å². The Balaban J connectivity index is 2.25. The number of hydrogen-bond acceptors (Lipinski definition) is 4. The molecule has 5 heteroatoms. The highest BCUT2D eigenvalue weighted by Crippen LogP contribution is 2.27. The Bertz CT molecular complexity index is 696. The number of phenols is 1. The van der Waals surface area contributed by atoms with Crippen molar-refractivity contribution in [2.75, 3.05) is 17.7 Å². The first-order valence-electron chi connectivity index (χ1n) is 6.44. The highest BCUT2D eigenvalue weighted by Gasteiger charge is 2.11. The third kappa shape index (κ3) is 3.39. The molecule has 0 saturated heterocycles. The zero-order chi connectivity index (χ0) is 15.4. The number of rotatable bonds is 4. The van der Waals surface area contributed by atoms with Gasteiger partial charge in [-0.25, -0.2) is 0 Å². The molecule has 21 heavy (non-hydrogen) atoms. The minimum atomic E-state index is -0.387. The summed E-state index contributed by atoms with van der Waals surface area (Å²) in [5, 5.41) is 15.3. The van der Waals surface area contributed by atoms with E-state index in [4.69, 9.17) is 0 Å². The van der Waals surface area contributed by atoms with E-state index >= 15 is 0 Å². The van der Waals surface area contributed by atoms with Crippen LogP contribution in [0.2, 0.25) is 0 Å². The Hall–Kier alpha value is -2.82. The lowest BCUT2D eigenvalue weighted by Crippen LogP contribution is -2.12. The summed E-state index contributed by atoms with van der Waals surface area (Å²) >= 11 is 0. The number of benzene rings is 2. The molecule has 0 unspecified atom stereocenters. The van der Waals surface area contributed by atoms with Gasteiger partial charge in [0, 0.05) is 23.9 Å². The van der Waals surface area contributed by atoms with E-state index in [-0.39, 0.29) is 17.4 Å². The molecule has 108 valence electrons. The Kier molecular flexibility index (Phi) is 4.23. The molecule has 2 rings (SSSR count). The van der Waals surface area contributed by atoms with E-state index < -0.39 is 0 Å². The van der Waals surface area contributed by atoms with Crippen LogP contribution >= 0.6 is 0 Å². The molecular formula is C16H16N2O3. The third-order valence-corrected chi connectivity index (χ3v) is 3.06. The van der Waals surface area contributed by atoms with Crippen LogP contribution in [-0.2, 0) is 0 Å². The Morgan fingerprint density at radius 2 is 1.76 bits per heavy atom. The molecule has 3 N–H and O–H groups in total. The van der Waals surface area contributed by atoms with Gasteiger partial charge in [-0.15, -0.1) is 0 Å². The smallest absolute Gasteiger partial charge is 0.255 e. The third-order valence-electron chi connectivity index (χ3n) is 3.06. The minimum absolute atomic E-state index is 0.0231. The van der Waals surface area contributed by atoms with Crippen LogP contribution in [0, 0.1) is 0 Å². The van der Waals surface area contributed by atoms with Gasteiger partial charge in [0.1, 0.15) is 5.75 Å². The summed E-state index contributed by atoms with van der Waals surface area (Å²) in [6, 6.07) is 11.3. The molecule has 0 bridgehead atoms. The zero-order valence-electron chi connectivity index (χ0n) is 11.8. The number of phenolic OH excluding ortho intramolecular Hbond substituents is 1. The van der Waals surface area contributed by atoms with Gasteiger partial charge in [-0.05, 0) is 37.3 Å². The van der Waals surface area contributed by atoms with E-state index in [0.29, 0.717) is 16.8 Å². The highest BCUT2D eigenvalue weighted by molar-refractivity contribution is 6.06. The van der Waals surface area contributed by atoms with E-state index in [1.807, 2.05) is 0 Å². The summed E-state index contributed by atoms with van der Waals surface area (Å²) in [7, 11) is 1.74. The van der Waals surface area contributed by atoms with Gasteiger partial charge in [-0.2, -0.15) is 0 Å². The molecule has 0 saturated carbocycles. The van der Waals surface area contributed by atoms with Crippen molar-refractivity contribution in [3.8, 4) is 5.75 Å². The second-order valence-corrected chi connectivity index (χ2v) is 4.57. The summed E-state index contributed by atoms with van der Waals surface area (Å²) in [6.45, 7) is 1.44. The average molecular weight is 284 g/mol. The van der Waals surface area contributed by atoms with Gasteiger partial charge in [0.2, 0.25) is 0 Å². The molecule has 0 aromatic heterocycles. The number of anilines is 2. The molecule has 0 spiro atoms. The number of ketones is 1. The summed E-state index contributed by atoms with van der Waals surface area (Å²) < 4.78 is 0. The van der Waals surface area contributed by atoms with Crippen molar-refractivity contribution in [2.45, 2.75) is 6.92 Å². The van der Waals surface area contributed by atoms with Crippen LogP contribution < -0.4 is 10.6 Å². The Morgan fingerprint density at radius 1 is 1.05 bits per heavy atom. The Labute approximate surface area is 122 Å². The van der Waals surface area contributed by atoms with Crippen LogP contribution in [-0.4, -0.2) is 23.8 Å². The summed E-state index contributed by atoms with van der Waals surface area (Å²) in [6.07, 6.45) is 0. The Morgan fingerprint density at radius 3 is 2.43 bits per heavy atom. The number of nitrogens with one attached hydrogen (secondary N) is 2. The fourth-order valence-electron chi connectivity index (χ4n) is 1.87. The van der Waals surface area contributed by atoms with Crippen molar-refractivity contribution in [2.24, 2.45) is 0 Å². The quantitative estimate of drug-likeness (QED) is 0.458. The molecular weight excluding hydrogens is 268 g/mol. The molecule has 0 aliphatic carbocycles. The molecule has 0 atom stereocenters. The van der Waals surface area contributed by atoms with Crippen LogP contribution in [0.15, 0.2) is 42.5 Å². The second kappa shape index (κ2) is 6.09. The fraction of sp³-hybridized carbons (Fsp3) is 0.125. The first-order valence-corrected chi connectivity index (χ1v) is 6.44. The lowest BCUT2D eigenvalue weighted by molar-refractivity contribution is 0.101. The predicted octanol–water partition coefficient (Wildman–Crippen LogP) is 2.89. The maximum atomic E-state index is 12.2. The molecule has 0 aliphatic heterocycles. The molecule has 0 aliphatic rings. The number of Topliss-reactive ketones (excluding diaryl/α,β-unsaturated/α-hetero) is 1. The SMILES string of the molecule is CNc1ccc(O)c(NC(=O)c2cccc(C(C)=O)c2)c1. The van der Waals surface area contributed by atoms with E-state index in [2.05, 4.69) is 10.6 Å². The van der Waals surface area contributed by atoms with E-state index in [1.54, 1.807) is 37.4 Å². The van der Waals surface area contributed by atoms with Gasteiger partial charge in [-0.1, -0.05) is 12.1 Å². The number of carbonyl (C=O) groups is 2. The number of aromatic hydroxyl groups is 1. The van der Waals surface area contributed by atoms with Gasteiger partial charge in [-0.3, -0.25) is 9.59 Å². The normalized spacial score (nSPS) is 10.0. The van der Waals surface area contributed by atoms with Gasteiger partial charge in [0.15, 0.2) is 5.78 Å². The number of hydrogen-bond donors (Lipinski definition) is 3. The van der Waals surface area contributed by atoms with Gasteiger partial charge >= 0.3 is 0 Å². The molecule has 2 aromatic carbocycles.